The summed E-state index contributed by atoms with van der Waals surface area (Å²) in [5, 5.41) is 1.14. The van der Waals surface area contributed by atoms with Crippen LogP contribution in [0.1, 0.15) is 13.3 Å². The summed E-state index contributed by atoms with van der Waals surface area (Å²) in [6.07, 6.45) is 4.95. The van der Waals surface area contributed by atoms with E-state index < -0.39 is 0 Å². The predicted molar refractivity (Wildman–Crippen MR) is 80.3 cm³/mol. The molecule has 1 aliphatic carbocycles. The molecule has 100 valence electrons. The monoisotopic (exact) mass is 274 g/mol. The lowest BCUT2D eigenvalue weighted by Gasteiger charge is -2.18. The lowest BCUT2D eigenvalue weighted by molar-refractivity contribution is 0.729. The maximum absolute atomic E-state index is 6.03. The normalized spacial score (nSPS) is 21.4. The number of hydrogen-bond donors (Lipinski definition) is 1. The Bertz CT molecular complexity index is 566. The quantitative estimate of drug-likeness (QED) is 0.931. The van der Waals surface area contributed by atoms with E-state index in [0.29, 0.717) is 5.82 Å². The van der Waals surface area contributed by atoms with Crippen molar-refractivity contribution in [3.63, 3.8) is 0 Å². The molecule has 3 rings (SSSR count). The van der Waals surface area contributed by atoms with Crippen LogP contribution in [-0.4, -0.2) is 22.9 Å². The Labute approximate surface area is 117 Å². The topological polar surface area (TPSA) is 55.0 Å². The fourth-order valence-corrected chi connectivity index (χ4v) is 3.23. The number of nitrogens with two attached hydrogens (primary N) is 1. The van der Waals surface area contributed by atoms with Crippen LogP contribution in [0.2, 0.25) is 0 Å². The molecule has 1 aliphatic rings. The van der Waals surface area contributed by atoms with Gasteiger partial charge in [0.25, 0.3) is 0 Å². The van der Waals surface area contributed by atoms with Gasteiger partial charge in [0.1, 0.15) is 10.8 Å². The number of rotatable bonds is 4. The molecule has 1 fully saturated rings. The van der Waals surface area contributed by atoms with Crippen molar-refractivity contribution in [3.05, 3.63) is 24.5 Å². The highest BCUT2D eigenvalue weighted by Gasteiger charge is 2.34. The van der Waals surface area contributed by atoms with Crippen LogP contribution in [0, 0.1) is 11.8 Å². The van der Waals surface area contributed by atoms with E-state index in [0.717, 1.165) is 34.5 Å². The average Bonchev–Trinajstić information content (AvgIpc) is 2.96. The van der Waals surface area contributed by atoms with Crippen molar-refractivity contribution in [1.82, 2.24) is 9.36 Å². The molecule has 1 saturated carbocycles. The molecule has 0 radical (unpaired) electrons. The second kappa shape index (κ2) is 4.81. The molecule has 2 heterocycles. The fourth-order valence-electron chi connectivity index (χ4n) is 2.42. The molecule has 2 aromatic heterocycles. The second-order valence-corrected chi connectivity index (χ2v) is 6.10. The van der Waals surface area contributed by atoms with Crippen molar-refractivity contribution in [2.45, 2.75) is 13.3 Å². The van der Waals surface area contributed by atoms with Gasteiger partial charge in [-0.15, -0.1) is 0 Å². The third-order valence-electron chi connectivity index (χ3n) is 3.78. The SMILES string of the molecule is CC1CC1CN(C)c1snc(N)c1-c1cccnc1. The Kier molecular flexibility index (Phi) is 3.14. The highest BCUT2D eigenvalue weighted by molar-refractivity contribution is 7.11. The van der Waals surface area contributed by atoms with E-state index in [4.69, 9.17) is 5.73 Å². The van der Waals surface area contributed by atoms with E-state index in [1.54, 1.807) is 6.20 Å². The maximum atomic E-state index is 6.03. The van der Waals surface area contributed by atoms with Gasteiger partial charge in [-0.3, -0.25) is 4.98 Å². The van der Waals surface area contributed by atoms with Gasteiger partial charge < -0.3 is 10.6 Å². The van der Waals surface area contributed by atoms with Gasteiger partial charge in [-0.2, -0.15) is 4.37 Å². The van der Waals surface area contributed by atoms with E-state index in [2.05, 4.69) is 28.2 Å². The molecule has 0 aromatic carbocycles. The molecule has 0 aliphatic heterocycles. The summed E-state index contributed by atoms with van der Waals surface area (Å²) < 4.78 is 4.31. The molecular formula is C14H18N4S. The number of nitrogen functional groups attached to an aromatic ring is 1. The molecule has 2 aromatic rings. The van der Waals surface area contributed by atoms with Crippen molar-refractivity contribution >= 4 is 22.4 Å². The zero-order chi connectivity index (χ0) is 13.4. The Balaban J connectivity index is 1.90. The van der Waals surface area contributed by atoms with Gasteiger partial charge in [-0.05, 0) is 35.9 Å². The lowest BCUT2D eigenvalue weighted by Crippen LogP contribution is -2.20. The Morgan fingerprint density at radius 3 is 2.95 bits per heavy atom. The van der Waals surface area contributed by atoms with Gasteiger partial charge in [-0.25, -0.2) is 0 Å². The summed E-state index contributed by atoms with van der Waals surface area (Å²) in [5.41, 5.74) is 8.09. The van der Waals surface area contributed by atoms with Gasteiger partial charge in [0.15, 0.2) is 0 Å². The standard InChI is InChI=1S/C14H18N4S/c1-9-6-11(9)8-18(2)14-12(13(15)17-19-14)10-4-3-5-16-7-10/h3-5,7,9,11H,6,8H2,1-2H3,(H2,15,17). The van der Waals surface area contributed by atoms with Crippen LogP contribution < -0.4 is 10.6 Å². The highest BCUT2D eigenvalue weighted by Crippen LogP contribution is 2.42. The molecule has 2 N–H and O–H groups in total. The zero-order valence-electron chi connectivity index (χ0n) is 11.2. The van der Waals surface area contributed by atoms with E-state index in [-0.39, 0.29) is 0 Å². The van der Waals surface area contributed by atoms with Crippen LogP contribution in [0.5, 0.6) is 0 Å². The average molecular weight is 274 g/mol. The minimum absolute atomic E-state index is 0.601. The summed E-state index contributed by atoms with van der Waals surface area (Å²) in [6.45, 7) is 3.39. The van der Waals surface area contributed by atoms with E-state index in [1.807, 2.05) is 18.3 Å². The predicted octanol–water partition coefficient (Wildman–Crippen LogP) is 2.88. The Morgan fingerprint density at radius 1 is 1.53 bits per heavy atom. The van der Waals surface area contributed by atoms with Gasteiger partial charge in [-0.1, -0.05) is 13.0 Å². The van der Waals surface area contributed by atoms with Crippen molar-refractivity contribution in [3.8, 4) is 11.1 Å². The molecule has 0 spiro atoms. The van der Waals surface area contributed by atoms with E-state index in [1.165, 1.54) is 18.0 Å². The third-order valence-corrected chi connectivity index (χ3v) is 4.76. The van der Waals surface area contributed by atoms with Crippen molar-refractivity contribution in [2.24, 2.45) is 11.8 Å². The first kappa shape index (κ1) is 12.4. The smallest absolute Gasteiger partial charge is 0.147 e. The molecule has 0 amide bonds. The largest absolute Gasteiger partial charge is 0.382 e. The Morgan fingerprint density at radius 2 is 2.32 bits per heavy atom. The number of aromatic nitrogens is 2. The Hall–Kier alpha value is -1.62. The van der Waals surface area contributed by atoms with Crippen LogP contribution in [0.15, 0.2) is 24.5 Å². The molecule has 5 heteroatoms. The molecular weight excluding hydrogens is 256 g/mol. The zero-order valence-corrected chi connectivity index (χ0v) is 12.0. The minimum Gasteiger partial charge on any atom is -0.382 e. The molecule has 0 bridgehead atoms. The molecule has 4 nitrogen and oxygen atoms in total. The number of pyridine rings is 1. The molecule has 2 unspecified atom stereocenters. The second-order valence-electron chi connectivity index (χ2n) is 5.34. The minimum atomic E-state index is 0.601. The maximum Gasteiger partial charge on any atom is 0.147 e. The summed E-state index contributed by atoms with van der Waals surface area (Å²) in [5.74, 6) is 2.27. The highest BCUT2D eigenvalue weighted by atomic mass is 32.1. The molecule has 2 atom stereocenters. The van der Waals surface area contributed by atoms with Crippen molar-refractivity contribution < 1.29 is 0 Å². The third kappa shape index (κ3) is 2.42. The number of hydrogen-bond acceptors (Lipinski definition) is 5. The van der Waals surface area contributed by atoms with Crippen molar-refractivity contribution in [2.75, 3.05) is 24.2 Å². The number of anilines is 2. The van der Waals surface area contributed by atoms with Crippen LogP contribution in [0.3, 0.4) is 0 Å². The molecule has 0 saturated heterocycles. The first-order valence-electron chi connectivity index (χ1n) is 6.53. The van der Waals surface area contributed by atoms with Crippen LogP contribution in [-0.2, 0) is 0 Å². The summed E-state index contributed by atoms with van der Waals surface area (Å²) in [4.78, 5) is 6.45. The fraction of sp³-hybridized carbons (Fsp3) is 0.429. The van der Waals surface area contributed by atoms with Gasteiger partial charge in [0.05, 0.1) is 5.56 Å². The van der Waals surface area contributed by atoms with E-state index >= 15 is 0 Å². The number of nitrogens with zero attached hydrogens (tertiary/aromatic N) is 3. The molecule has 19 heavy (non-hydrogen) atoms. The first-order chi connectivity index (χ1) is 9.16. The van der Waals surface area contributed by atoms with Crippen LogP contribution in [0.4, 0.5) is 10.8 Å². The van der Waals surface area contributed by atoms with Gasteiger partial charge in [0.2, 0.25) is 0 Å². The van der Waals surface area contributed by atoms with Crippen LogP contribution >= 0.6 is 11.5 Å². The van der Waals surface area contributed by atoms with Gasteiger partial charge >= 0.3 is 0 Å². The summed E-state index contributed by atoms with van der Waals surface area (Å²) in [7, 11) is 2.12. The van der Waals surface area contributed by atoms with Gasteiger partial charge in [0, 0.05) is 31.5 Å². The first-order valence-corrected chi connectivity index (χ1v) is 7.31. The lowest BCUT2D eigenvalue weighted by atomic mass is 10.1. The van der Waals surface area contributed by atoms with E-state index in [9.17, 15) is 0 Å². The van der Waals surface area contributed by atoms with Crippen LogP contribution in [0.25, 0.3) is 11.1 Å². The summed E-state index contributed by atoms with van der Waals surface area (Å²) >= 11 is 1.47. The van der Waals surface area contributed by atoms with Crippen molar-refractivity contribution in [1.29, 1.82) is 0 Å². The summed E-state index contributed by atoms with van der Waals surface area (Å²) in [6, 6.07) is 3.96.